The zero-order valence-corrected chi connectivity index (χ0v) is 14.5. The number of hydrogen-bond donors (Lipinski definition) is 1. The second-order valence-corrected chi connectivity index (χ2v) is 6.61. The Kier molecular flexibility index (Phi) is 4.39. The minimum Gasteiger partial charge on any atom is -0.326 e. The van der Waals surface area contributed by atoms with Crippen molar-refractivity contribution in [2.45, 2.75) is 33.6 Å². The third-order valence-electron chi connectivity index (χ3n) is 3.67. The van der Waals surface area contributed by atoms with E-state index in [9.17, 15) is 9.59 Å². The van der Waals surface area contributed by atoms with E-state index >= 15 is 0 Å². The molecule has 1 N–H and O–H groups in total. The number of rotatable bonds is 5. The summed E-state index contributed by atoms with van der Waals surface area (Å²) in [5.74, 6) is 0.593. The number of amides is 1. The summed E-state index contributed by atoms with van der Waals surface area (Å²) in [6.07, 6.45) is 0.845. The number of aryl methyl sites for hydroxylation is 3. The Labute approximate surface area is 142 Å². The smallest absolute Gasteiger partial charge is 0.234 e. The number of hydrogen-bond acceptors (Lipinski definition) is 6. The molecule has 0 bridgehead atoms. The van der Waals surface area contributed by atoms with E-state index in [0.717, 1.165) is 21.4 Å². The van der Waals surface area contributed by atoms with Crippen molar-refractivity contribution in [1.82, 2.24) is 19.8 Å². The standard InChI is InChI=1S/C16H17N5O2S/c1-9-4-5-12(10(2)22)8-13(9)17-14(23)6-7-15-20-21-11(3)18-19-16(21)24-15/h4-5,8H,6-7H2,1-3H3,(H,17,23). The van der Waals surface area contributed by atoms with Crippen molar-refractivity contribution in [2.75, 3.05) is 5.32 Å². The molecule has 3 rings (SSSR count). The Hall–Kier alpha value is -2.61. The zero-order valence-electron chi connectivity index (χ0n) is 13.7. The maximum absolute atomic E-state index is 12.2. The van der Waals surface area contributed by atoms with Gasteiger partial charge in [0.15, 0.2) is 11.6 Å². The summed E-state index contributed by atoms with van der Waals surface area (Å²) in [6.45, 7) is 5.23. The molecule has 24 heavy (non-hydrogen) atoms. The molecule has 1 aromatic carbocycles. The summed E-state index contributed by atoms with van der Waals surface area (Å²) in [5.41, 5.74) is 2.17. The molecular weight excluding hydrogens is 326 g/mol. The van der Waals surface area contributed by atoms with Gasteiger partial charge in [-0.05, 0) is 32.4 Å². The van der Waals surface area contributed by atoms with Crippen LogP contribution in [0.5, 0.6) is 0 Å². The predicted octanol–water partition coefficient (Wildman–Crippen LogP) is 2.58. The Morgan fingerprint density at radius 3 is 2.75 bits per heavy atom. The highest BCUT2D eigenvalue weighted by Gasteiger charge is 2.12. The summed E-state index contributed by atoms with van der Waals surface area (Å²) < 4.78 is 1.68. The molecule has 0 saturated heterocycles. The quantitative estimate of drug-likeness (QED) is 0.719. The van der Waals surface area contributed by atoms with E-state index in [1.54, 1.807) is 16.6 Å². The normalized spacial score (nSPS) is 11.0. The lowest BCUT2D eigenvalue weighted by molar-refractivity contribution is -0.116. The Balaban J connectivity index is 1.65. The van der Waals surface area contributed by atoms with E-state index in [-0.39, 0.29) is 11.7 Å². The monoisotopic (exact) mass is 343 g/mol. The third-order valence-corrected chi connectivity index (χ3v) is 4.63. The van der Waals surface area contributed by atoms with Crippen LogP contribution in [0.1, 0.15) is 40.1 Å². The van der Waals surface area contributed by atoms with Gasteiger partial charge in [0, 0.05) is 24.1 Å². The number of aromatic nitrogens is 4. The largest absolute Gasteiger partial charge is 0.326 e. The first-order valence-electron chi connectivity index (χ1n) is 7.53. The van der Waals surface area contributed by atoms with E-state index in [4.69, 9.17) is 0 Å². The molecule has 0 atom stereocenters. The first kappa shape index (κ1) is 16.3. The Morgan fingerprint density at radius 1 is 1.25 bits per heavy atom. The number of ketones is 1. The second-order valence-electron chi connectivity index (χ2n) is 5.57. The lowest BCUT2D eigenvalue weighted by atomic mass is 10.1. The van der Waals surface area contributed by atoms with Gasteiger partial charge < -0.3 is 5.32 Å². The second kappa shape index (κ2) is 6.48. The molecule has 0 aliphatic carbocycles. The van der Waals surface area contributed by atoms with Crippen LogP contribution in [-0.4, -0.2) is 31.5 Å². The summed E-state index contributed by atoms with van der Waals surface area (Å²) in [6, 6.07) is 5.30. The van der Waals surface area contributed by atoms with Crippen molar-refractivity contribution in [3.63, 3.8) is 0 Å². The van der Waals surface area contributed by atoms with Crippen molar-refractivity contribution in [2.24, 2.45) is 0 Å². The molecule has 0 aliphatic heterocycles. The molecule has 0 fully saturated rings. The molecule has 7 nitrogen and oxygen atoms in total. The fraction of sp³-hybridized carbons (Fsp3) is 0.312. The highest BCUT2D eigenvalue weighted by Crippen LogP contribution is 2.19. The highest BCUT2D eigenvalue weighted by atomic mass is 32.1. The van der Waals surface area contributed by atoms with Gasteiger partial charge in [-0.25, -0.2) is 0 Å². The van der Waals surface area contributed by atoms with Gasteiger partial charge in [-0.1, -0.05) is 23.5 Å². The molecule has 124 valence electrons. The molecule has 3 aromatic rings. The minimum absolute atomic E-state index is 0.0272. The van der Waals surface area contributed by atoms with Crippen molar-refractivity contribution in [1.29, 1.82) is 0 Å². The Bertz CT molecular complexity index is 928. The fourth-order valence-electron chi connectivity index (χ4n) is 2.26. The molecule has 2 heterocycles. The number of carbonyl (C=O) groups is 2. The zero-order chi connectivity index (χ0) is 17.3. The van der Waals surface area contributed by atoms with E-state index in [1.807, 2.05) is 19.9 Å². The number of nitrogens with zero attached hydrogens (tertiary/aromatic N) is 4. The number of carbonyl (C=O) groups excluding carboxylic acids is 2. The summed E-state index contributed by atoms with van der Waals surface area (Å²) >= 11 is 1.43. The van der Waals surface area contributed by atoms with Crippen LogP contribution in [-0.2, 0) is 11.2 Å². The number of anilines is 1. The molecule has 1 amide bonds. The first-order valence-corrected chi connectivity index (χ1v) is 8.35. The summed E-state index contributed by atoms with van der Waals surface area (Å²) in [5, 5.41) is 16.0. The van der Waals surface area contributed by atoms with Crippen LogP contribution in [0.25, 0.3) is 4.96 Å². The van der Waals surface area contributed by atoms with Crippen LogP contribution >= 0.6 is 11.3 Å². The SMILES string of the molecule is CC(=O)c1ccc(C)c(NC(=O)CCc2nn3c(C)nnc3s2)c1. The van der Waals surface area contributed by atoms with Gasteiger partial charge >= 0.3 is 0 Å². The van der Waals surface area contributed by atoms with Crippen molar-refractivity contribution in [3.8, 4) is 0 Å². The van der Waals surface area contributed by atoms with Crippen LogP contribution in [0.2, 0.25) is 0 Å². The lowest BCUT2D eigenvalue weighted by Crippen LogP contribution is -2.13. The Morgan fingerprint density at radius 2 is 2.04 bits per heavy atom. The van der Waals surface area contributed by atoms with Gasteiger partial charge in [0.25, 0.3) is 0 Å². The van der Waals surface area contributed by atoms with Crippen LogP contribution in [0, 0.1) is 13.8 Å². The first-order chi connectivity index (χ1) is 11.4. The maximum Gasteiger partial charge on any atom is 0.234 e. The maximum atomic E-state index is 12.2. The number of fused-ring (bicyclic) bond motifs is 1. The van der Waals surface area contributed by atoms with Gasteiger partial charge in [-0.2, -0.15) is 9.61 Å². The number of nitrogens with one attached hydrogen (secondary N) is 1. The van der Waals surface area contributed by atoms with Crippen molar-refractivity contribution in [3.05, 3.63) is 40.2 Å². The van der Waals surface area contributed by atoms with E-state index in [0.29, 0.717) is 24.1 Å². The van der Waals surface area contributed by atoms with Gasteiger partial charge in [0.2, 0.25) is 10.9 Å². The van der Waals surface area contributed by atoms with Gasteiger partial charge in [-0.3, -0.25) is 9.59 Å². The van der Waals surface area contributed by atoms with E-state index in [1.165, 1.54) is 18.3 Å². The van der Waals surface area contributed by atoms with Crippen molar-refractivity contribution >= 4 is 33.7 Å². The van der Waals surface area contributed by atoms with Crippen LogP contribution in [0.15, 0.2) is 18.2 Å². The topological polar surface area (TPSA) is 89.2 Å². The van der Waals surface area contributed by atoms with Gasteiger partial charge in [-0.15, -0.1) is 10.2 Å². The molecule has 0 unspecified atom stereocenters. The molecule has 0 aliphatic rings. The predicted molar refractivity (Wildman–Crippen MR) is 91.5 cm³/mol. The molecule has 0 radical (unpaired) electrons. The summed E-state index contributed by atoms with van der Waals surface area (Å²) in [7, 11) is 0. The number of Topliss-reactive ketones (excluding diaryl/α,β-unsaturated/α-hetero) is 1. The minimum atomic E-state index is -0.110. The van der Waals surface area contributed by atoms with Crippen molar-refractivity contribution < 1.29 is 9.59 Å². The van der Waals surface area contributed by atoms with E-state index < -0.39 is 0 Å². The average Bonchev–Trinajstić information content (AvgIpc) is 3.09. The lowest BCUT2D eigenvalue weighted by Gasteiger charge is -2.09. The number of benzene rings is 1. The van der Waals surface area contributed by atoms with Crippen LogP contribution in [0.3, 0.4) is 0 Å². The van der Waals surface area contributed by atoms with Gasteiger partial charge in [0.05, 0.1) is 0 Å². The summed E-state index contributed by atoms with van der Waals surface area (Å²) in [4.78, 5) is 24.4. The average molecular weight is 343 g/mol. The molecule has 8 heteroatoms. The molecule has 0 saturated carbocycles. The molecule has 2 aromatic heterocycles. The highest BCUT2D eigenvalue weighted by molar-refractivity contribution is 7.16. The molecule has 0 spiro atoms. The van der Waals surface area contributed by atoms with Gasteiger partial charge in [0.1, 0.15) is 5.01 Å². The molecular formula is C16H17N5O2S. The van der Waals surface area contributed by atoms with E-state index in [2.05, 4.69) is 20.6 Å². The van der Waals surface area contributed by atoms with Crippen LogP contribution < -0.4 is 5.32 Å². The fourth-order valence-corrected chi connectivity index (χ4v) is 3.14. The van der Waals surface area contributed by atoms with Crippen LogP contribution in [0.4, 0.5) is 5.69 Å². The third kappa shape index (κ3) is 3.33.